The first-order valence-corrected chi connectivity index (χ1v) is 6.72. The van der Waals surface area contributed by atoms with Gasteiger partial charge in [-0.05, 0) is 25.8 Å². The fourth-order valence-corrected chi connectivity index (χ4v) is 2.53. The number of hydrogen-bond donors (Lipinski definition) is 1. The van der Waals surface area contributed by atoms with Crippen molar-refractivity contribution in [1.82, 2.24) is 9.36 Å². The summed E-state index contributed by atoms with van der Waals surface area (Å²) in [5.74, 6) is 0. The Balaban J connectivity index is 2.48. The van der Waals surface area contributed by atoms with E-state index in [0.29, 0.717) is 12.2 Å². The van der Waals surface area contributed by atoms with Crippen molar-refractivity contribution in [2.75, 3.05) is 5.73 Å². The molecule has 0 saturated heterocycles. The van der Waals surface area contributed by atoms with Crippen LogP contribution < -0.4 is 11.3 Å². The standard InChI is InChI=1S/C15H21N3O/c1-4-13-14(16)15(19)18(17(13)5-2)10-12-8-6-7-11(3)9-12/h6-9H,4-5,10,16H2,1-3H3. The monoisotopic (exact) mass is 259 g/mol. The molecule has 19 heavy (non-hydrogen) atoms. The molecule has 0 aliphatic heterocycles. The number of nitrogen functional groups attached to an aromatic ring is 1. The van der Waals surface area contributed by atoms with Crippen LogP contribution >= 0.6 is 0 Å². The predicted molar refractivity (Wildman–Crippen MR) is 78.4 cm³/mol. The molecule has 2 rings (SSSR count). The third kappa shape index (κ3) is 2.43. The van der Waals surface area contributed by atoms with Crippen molar-refractivity contribution in [3.05, 3.63) is 51.4 Å². The molecule has 2 aromatic rings. The highest BCUT2D eigenvalue weighted by Gasteiger charge is 2.15. The normalized spacial score (nSPS) is 10.9. The molecular weight excluding hydrogens is 238 g/mol. The lowest BCUT2D eigenvalue weighted by atomic mass is 10.1. The molecule has 0 radical (unpaired) electrons. The largest absolute Gasteiger partial charge is 0.393 e. The van der Waals surface area contributed by atoms with Gasteiger partial charge in [-0.2, -0.15) is 0 Å². The SMILES string of the molecule is CCc1c(N)c(=O)n(Cc2cccc(C)c2)n1CC. The summed E-state index contributed by atoms with van der Waals surface area (Å²) in [6, 6.07) is 8.20. The fraction of sp³-hybridized carbons (Fsp3) is 0.400. The van der Waals surface area contributed by atoms with Gasteiger partial charge >= 0.3 is 0 Å². The van der Waals surface area contributed by atoms with Gasteiger partial charge < -0.3 is 5.73 Å². The smallest absolute Gasteiger partial charge is 0.290 e. The van der Waals surface area contributed by atoms with E-state index >= 15 is 0 Å². The Kier molecular flexibility index (Phi) is 3.79. The quantitative estimate of drug-likeness (QED) is 0.915. The van der Waals surface area contributed by atoms with Crippen molar-refractivity contribution in [1.29, 1.82) is 0 Å². The number of rotatable bonds is 4. The van der Waals surface area contributed by atoms with Crippen molar-refractivity contribution in [2.45, 2.75) is 40.3 Å². The molecule has 0 aliphatic carbocycles. The van der Waals surface area contributed by atoms with Gasteiger partial charge in [-0.1, -0.05) is 36.8 Å². The van der Waals surface area contributed by atoms with Crippen LogP contribution in [0.2, 0.25) is 0 Å². The zero-order valence-corrected chi connectivity index (χ0v) is 11.8. The van der Waals surface area contributed by atoms with E-state index in [-0.39, 0.29) is 5.56 Å². The van der Waals surface area contributed by atoms with Crippen molar-refractivity contribution in [3.8, 4) is 0 Å². The lowest BCUT2D eigenvalue weighted by Crippen LogP contribution is -2.24. The van der Waals surface area contributed by atoms with Crippen LogP contribution in [-0.2, 0) is 19.5 Å². The minimum absolute atomic E-state index is 0.0831. The molecule has 2 N–H and O–H groups in total. The Bertz CT molecular complexity index is 637. The topological polar surface area (TPSA) is 53.0 Å². The highest BCUT2D eigenvalue weighted by atomic mass is 16.1. The molecule has 0 bridgehead atoms. The second-order valence-corrected chi connectivity index (χ2v) is 4.78. The maximum Gasteiger partial charge on any atom is 0.290 e. The highest BCUT2D eigenvalue weighted by Crippen LogP contribution is 2.12. The Morgan fingerprint density at radius 3 is 2.53 bits per heavy atom. The van der Waals surface area contributed by atoms with Crippen LogP contribution in [0.15, 0.2) is 29.1 Å². The molecule has 1 aromatic carbocycles. The molecular formula is C15H21N3O. The first-order valence-electron chi connectivity index (χ1n) is 6.72. The summed E-state index contributed by atoms with van der Waals surface area (Å²) in [6.45, 7) is 7.43. The van der Waals surface area contributed by atoms with Crippen LogP contribution in [0.3, 0.4) is 0 Å². The van der Waals surface area contributed by atoms with Crippen LogP contribution in [0.25, 0.3) is 0 Å². The van der Waals surface area contributed by atoms with Crippen LogP contribution in [0, 0.1) is 6.92 Å². The number of aryl methyl sites for hydroxylation is 1. The molecule has 0 amide bonds. The molecule has 0 spiro atoms. The zero-order valence-electron chi connectivity index (χ0n) is 11.8. The van der Waals surface area contributed by atoms with Gasteiger partial charge in [0.2, 0.25) is 0 Å². The van der Waals surface area contributed by atoms with Crippen molar-refractivity contribution < 1.29 is 0 Å². The molecule has 0 atom stereocenters. The minimum Gasteiger partial charge on any atom is -0.393 e. The zero-order chi connectivity index (χ0) is 14.0. The fourth-order valence-electron chi connectivity index (χ4n) is 2.53. The molecule has 0 fully saturated rings. The van der Waals surface area contributed by atoms with Gasteiger partial charge in [0, 0.05) is 6.54 Å². The van der Waals surface area contributed by atoms with Gasteiger partial charge in [-0.3, -0.25) is 9.48 Å². The van der Waals surface area contributed by atoms with E-state index in [2.05, 4.69) is 19.1 Å². The highest BCUT2D eigenvalue weighted by molar-refractivity contribution is 5.42. The van der Waals surface area contributed by atoms with Gasteiger partial charge in [0.05, 0.1) is 12.2 Å². The number of anilines is 1. The molecule has 102 valence electrons. The molecule has 4 nitrogen and oxygen atoms in total. The number of benzene rings is 1. The van der Waals surface area contributed by atoms with E-state index in [4.69, 9.17) is 5.73 Å². The maximum absolute atomic E-state index is 12.2. The summed E-state index contributed by atoms with van der Waals surface area (Å²) in [5.41, 5.74) is 9.47. The van der Waals surface area contributed by atoms with Gasteiger partial charge in [-0.25, -0.2) is 4.68 Å². The first kappa shape index (κ1) is 13.5. The van der Waals surface area contributed by atoms with Crippen LogP contribution in [0.1, 0.15) is 30.7 Å². The van der Waals surface area contributed by atoms with E-state index in [1.165, 1.54) is 5.56 Å². The number of aromatic nitrogens is 2. The van der Waals surface area contributed by atoms with E-state index < -0.39 is 0 Å². The third-order valence-electron chi connectivity index (χ3n) is 3.43. The number of nitrogens with zero attached hydrogens (tertiary/aromatic N) is 2. The number of nitrogens with two attached hydrogens (primary N) is 1. The predicted octanol–water partition coefficient (Wildman–Crippen LogP) is 2.17. The van der Waals surface area contributed by atoms with Crippen molar-refractivity contribution in [2.24, 2.45) is 0 Å². The molecule has 1 heterocycles. The number of hydrogen-bond acceptors (Lipinski definition) is 2. The molecule has 0 saturated carbocycles. The van der Waals surface area contributed by atoms with Crippen molar-refractivity contribution >= 4 is 5.69 Å². The summed E-state index contributed by atoms with van der Waals surface area (Å²) in [5, 5.41) is 0. The van der Waals surface area contributed by atoms with Crippen LogP contribution in [0.5, 0.6) is 0 Å². The van der Waals surface area contributed by atoms with Crippen molar-refractivity contribution in [3.63, 3.8) is 0 Å². The minimum atomic E-state index is -0.0831. The average Bonchev–Trinajstić information content (AvgIpc) is 2.62. The Labute approximate surface area is 113 Å². The van der Waals surface area contributed by atoms with Gasteiger partial charge in [0.1, 0.15) is 5.69 Å². The Hall–Kier alpha value is -1.97. The maximum atomic E-state index is 12.2. The molecule has 4 heteroatoms. The van der Waals surface area contributed by atoms with Crippen LogP contribution in [-0.4, -0.2) is 9.36 Å². The second kappa shape index (κ2) is 5.34. The summed E-state index contributed by atoms with van der Waals surface area (Å²) in [7, 11) is 0. The van der Waals surface area contributed by atoms with E-state index in [9.17, 15) is 4.79 Å². The van der Waals surface area contributed by atoms with E-state index in [1.54, 1.807) is 4.68 Å². The van der Waals surface area contributed by atoms with Gasteiger partial charge in [-0.15, -0.1) is 0 Å². The molecule has 1 aromatic heterocycles. The summed E-state index contributed by atoms with van der Waals surface area (Å²) in [4.78, 5) is 12.2. The van der Waals surface area contributed by atoms with Gasteiger partial charge in [0.15, 0.2) is 0 Å². The molecule has 0 unspecified atom stereocenters. The second-order valence-electron chi connectivity index (χ2n) is 4.78. The van der Waals surface area contributed by atoms with E-state index in [1.807, 2.05) is 30.7 Å². The summed E-state index contributed by atoms with van der Waals surface area (Å²) >= 11 is 0. The lowest BCUT2D eigenvalue weighted by molar-refractivity contribution is 0.474. The summed E-state index contributed by atoms with van der Waals surface area (Å²) < 4.78 is 3.73. The van der Waals surface area contributed by atoms with Crippen LogP contribution in [0.4, 0.5) is 5.69 Å². The molecule has 0 aliphatic rings. The summed E-state index contributed by atoms with van der Waals surface area (Å²) in [6.07, 6.45) is 0.774. The Morgan fingerprint density at radius 2 is 1.95 bits per heavy atom. The lowest BCUT2D eigenvalue weighted by Gasteiger charge is -2.12. The third-order valence-corrected chi connectivity index (χ3v) is 3.43. The first-order chi connectivity index (χ1) is 9.08. The van der Waals surface area contributed by atoms with Gasteiger partial charge in [0.25, 0.3) is 5.56 Å². The average molecular weight is 259 g/mol. The Morgan fingerprint density at radius 1 is 1.21 bits per heavy atom. The van der Waals surface area contributed by atoms with E-state index in [0.717, 1.165) is 24.2 Å².